The van der Waals surface area contributed by atoms with Gasteiger partial charge in [-0.15, -0.1) is 0 Å². The third-order valence-corrected chi connectivity index (χ3v) is 0.243. The van der Waals surface area contributed by atoms with Crippen molar-refractivity contribution in [2.45, 2.75) is 6.18 Å². The number of carboxylic acids is 1. The molecule has 1 radical (unpaired) electrons. The molecule has 0 aliphatic heterocycles. The van der Waals surface area contributed by atoms with Gasteiger partial charge < -0.3 is 21.5 Å². The molecule has 11 heavy (non-hydrogen) atoms. The summed E-state index contributed by atoms with van der Waals surface area (Å²) in [6.45, 7) is 0. The maximum atomic E-state index is 10.6. The number of carboxylic acid groups (broad SMARTS) is 1. The van der Waals surface area contributed by atoms with Crippen molar-refractivity contribution in [1.29, 1.82) is 0 Å². The first-order chi connectivity index (χ1) is 2.94. The zero-order valence-corrected chi connectivity index (χ0v) is 6.40. The van der Waals surface area contributed by atoms with Gasteiger partial charge in [0.25, 0.3) is 0 Å². The van der Waals surface area contributed by atoms with Crippen molar-refractivity contribution in [2.24, 2.45) is 0 Å². The summed E-state index contributed by atoms with van der Waals surface area (Å²) in [4.78, 5) is 8.90. The van der Waals surface area contributed by atoms with Crippen LogP contribution in [0.15, 0.2) is 0 Å². The first kappa shape index (κ1) is 30.1. The molecule has 5 nitrogen and oxygen atoms in total. The van der Waals surface area contributed by atoms with E-state index in [1.54, 1.807) is 0 Å². The summed E-state index contributed by atoms with van der Waals surface area (Å²) < 4.78 is 31.7. The zero-order valence-electron chi connectivity index (χ0n) is 4.75. The molecule has 9 heteroatoms. The summed E-state index contributed by atoms with van der Waals surface area (Å²) in [5.41, 5.74) is 0. The second-order valence-electron chi connectivity index (χ2n) is 0.803. The molecule has 7 N–H and O–H groups in total. The Bertz CT molecular complexity index is 92.2. The summed E-state index contributed by atoms with van der Waals surface area (Å²) in [7, 11) is 0. The largest absolute Gasteiger partial charge is 0.490 e. The summed E-state index contributed by atoms with van der Waals surface area (Å²) in [5.74, 6) is -2.76. The number of aliphatic carboxylic acids is 1. The average Bonchev–Trinajstić information content (AvgIpc) is 1.31. The zero-order chi connectivity index (χ0) is 6.08. The van der Waals surface area contributed by atoms with Crippen LogP contribution in [0.5, 0.6) is 0 Å². The topological polar surface area (TPSA) is 132 Å². The molecule has 0 bridgehead atoms. The summed E-state index contributed by atoms with van der Waals surface area (Å²) in [6, 6.07) is 0. The Labute approximate surface area is 88.3 Å². The number of alkyl halides is 3. The van der Waals surface area contributed by atoms with E-state index in [9.17, 15) is 13.2 Å². The molecule has 0 heterocycles. The van der Waals surface area contributed by atoms with Gasteiger partial charge in [-0.25, -0.2) is 4.79 Å². The number of carbonyl (C=O) groups is 1. The fourth-order valence-electron chi connectivity index (χ4n) is 0. The Balaban J connectivity index is -0.0000000300. The van der Waals surface area contributed by atoms with Crippen LogP contribution in [0.4, 0.5) is 13.2 Å². The second kappa shape index (κ2) is 10.4. The normalized spacial score (nSPS) is 7.18. The van der Waals surface area contributed by atoms with Crippen molar-refractivity contribution >= 4 is 5.97 Å². The predicted molar refractivity (Wildman–Crippen MR) is 24.5 cm³/mol. The summed E-state index contributed by atoms with van der Waals surface area (Å²) in [6.07, 6.45) is -5.08. The molecule has 81 valence electrons. The molecular formula is C2H7F3LuO5. The fourth-order valence-corrected chi connectivity index (χ4v) is 0. The van der Waals surface area contributed by atoms with Gasteiger partial charge in [0.2, 0.25) is 0 Å². The van der Waals surface area contributed by atoms with Crippen molar-refractivity contribution in [1.82, 2.24) is 0 Å². The van der Waals surface area contributed by atoms with Crippen molar-refractivity contribution < 1.29 is 76.4 Å². The maximum absolute atomic E-state index is 10.6. The quantitative estimate of drug-likeness (QED) is 0.554. The van der Waals surface area contributed by atoms with Gasteiger partial charge in [-0.1, -0.05) is 0 Å². The predicted octanol–water partition coefficient (Wildman–Crippen LogP) is -1.84. The van der Waals surface area contributed by atoms with E-state index in [1.807, 2.05) is 0 Å². The van der Waals surface area contributed by atoms with Crippen LogP contribution in [0.1, 0.15) is 0 Å². The van der Waals surface area contributed by atoms with E-state index < -0.39 is 12.1 Å². The first-order valence-corrected chi connectivity index (χ1v) is 1.24. The van der Waals surface area contributed by atoms with Crippen LogP contribution in [0.25, 0.3) is 0 Å². The van der Waals surface area contributed by atoms with Crippen LogP contribution >= 0.6 is 0 Å². The summed E-state index contributed by atoms with van der Waals surface area (Å²) >= 11 is 0. The fraction of sp³-hybridized carbons (Fsp3) is 0.500. The first-order valence-electron chi connectivity index (χ1n) is 1.24. The van der Waals surface area contributed by atoms with E-state index in [-0.39, 0.29) is 53.3 Å². The molecule has 0 amide bonds. The van der Waals surface area contributed by atoms with E-state index in [0.29, 0.717) is 0 Å². The number of halogens is 3. The third kappa shape index (κ3) is 17.9. The van der Waals surface area contributed by atoms with Crippen molar-refractivity contribution in [3.63, 3.8) is 0 Å². The van der Waals surface area contributed by atoms with Crippen LogP contribution in [0.2, 0.25) is 0 Å². The Morgan fingerprint density at radius 2 is 1.18 bits per heavy atom. The van der Waals surface area contributed by atoms with Gasteiger partial charge in [0.15, 0.2) is 0 Å². The van der Waals surface area contributed by atoms with E-state index in [1.165, 1.54) is 0 Å². The van der Waals surface area contributed by atoms with E-state index in [2.05, 4.69) is 0 Å². The molecule has 0 rings (SSSR count). The van der Waals surface area contributed by atoms with Gasteiger partial charge in [0, 0.05) is 36.9 Å². The monoisotopic (exact) mass is 343 g/mol. The SMILES string of the molecule is O.O.O.O=C(O)C(F)(F)F.[Lu]. The van der Waals surface area contributed by atoms with Crippen LogP contribution in [0.3, 0.4) is 0 Å². The Hall–Kier alpha value is 0.374. The molecule has 0 saturated carbocycles. The Morgan fingerprint density at radius 1 is 1.09 bits per heavy atom. The minimum absolute atomic E-state index is 0. The number of hydrogen-bond donors (Lipinski definition) is 1. The van der Waals surface area contributed by atoms with E-state index in [4.69, 9.17) is 9.90 Å². The molecule has 0 aromatic carbocycles. The van der Waals surface area contributed by atoms with Crippen LogP contribution in [0, 0.1) is 36.9 Å². The second-order valence-corrected chi connectivity index (χ2v) is 0.803. The number of hydrogen-bond acceptors (Lipinski definition) is 1. The summed E-state index contributed by atoms with van der Waals surface area (Å²) in [5, 5.41) is 7.12. The molecule has 0 aliphatic carbocycles. The van der Waals surface area contributed by atoms with Crippen molar-refractivity contribution in [3.05, 3.63) is 0 Å². The van der Waals surface area contributed by atoms with Gasteiger partial charge in [-0.05, 0) is 0 Å². The molecule has 0 saturated heterocycles. The van der Waals surface area contributed by atoms with Gasteiger partial charge in [0.05, 0.1) is 0 Å². The van der Waals surface area contributed by atoms with E-state index >= 15 is 0 Å². The van der Waals surface area contributed by atoms with Gasteiger partial charge in [-0.2, -0.15) is 13.2 Å². The smallest absolute Gasteiger partial charge is 0.475 e. The molecule has 0 aromatic rings. The van der Waals surface area contributed by atoms with Gasteiger partial charge >= 0.3 is 12.1 Å². The Kier molecular flexibility index (Phi) is 28.4. The maximum Gasteiger partial charge on any atom is 0.490 e. The van der Waals surface area contributed by atoms with Gasteiger partial charge in [0.1, 0.15) is 0 Å². The van der Waals surface area contributed by atoms with Crippen molar-refractivity contribution in [2.75, 3.05) is 0 Å². The molecule has 0 aliphatic rings. The van der Waals surface area contributed by atoms with Crippen LogP contribution < -0.4 is 0 Å². The molecule has 0 unspecified atom stereocenters. The molecule has 0 atom stereocenters. The minimum atomic E-state index is -5.08. The molecular weight excluding hydrogens is 336 g/mol. The van der Waals surface area contributed by atoms with Gasteiger partial charge in [-0.3, -0.25) is 0 Å². The van der Waals surface area contributed by atoms with Crippen LogP contribution in [-0.2, 0) is 4.79 Å². The standard InChI is InChI=1S/C2HF3O2.Lu.3H2O/c3-2(4,5)1(6)7;;;;/h(H,6,7);;3*1H2. The number of rotatable bonds is 0. The van der Waals surface area contributed by atoms with E-state index in [0.717, 1.165) is 0 Å². The third-order valence-electron chi connectivity index (χ3n) is 0.243. The molecule has 0 spiro atoms. The van der Waals surface area contributed by atoms with Crippen LogP contribution in [-0.4, -0.2) is 33.7 Å². The van der Waals surface area contributed by atoms with Crippen molar-refractivity contribution in [3.8, 4) is 0 Å². The Morgan fingerprint density at radius 3 is 1.18 bits per heavy atom. The average molecular weight is 343 g/mol. The minimum Gasteiger partial charge on any atom is -0.475 e. The molecule has 0 aromatic heterocycles. The molecule has 0 fully saturated rings.